The molecule has 0 aliphatic heterocycles. The minimum Gasteiger partial charge on any atom is -0.397 e. The summed E-state index contributed by atoms with van der Waals surface area (Å²) in [5.41, 5.74) is 5.69. The summed E-state index contributed by atoms with van der Waals surface area (Å²) >= 11 is 0.881. The van der Waals surface area contributed by atoms with Crippen LogP contribution >= 0.6 is 11.3 Å². The molecule has 0 bridgehead atoms. The number of carbonyl (C=O) groups is 1. The van der Waals surface area contributed by atoms with Crippen LogP contribution in [0.1, 0.15) is 23.0 Å². The third-order valence-corrected chi connectivity index (χ3v) is 3.30. The van der Waals surface area contributed by atoms with E-state index in [9.17, 15) is 22.4 Å². The summed E-state index contributed by atoms with van der Waals surface area (Å²) in [6, 6.07) is 1.29. The summed E-state index contributed by atoms with van der Waals surface area (Å²) in [6.45, 7) is 0.434. The first-order valence-corrected chi connectivity index (χ1v) is 5.92. The lowest BCUT2D eigenvalue weighted by molar-refractivity contribution is -0.117. The monoisotopic (exact) mass is 284 g/mol. The molecule has 1 aromatic heterocycles. The first kappa shape index (κ1) is 14.7. The molecule has 0 radical (unpaired) electrons. The van der Waals surface area contributed by atoms with Gasteiger partial charge in [0.1, 0.15) is 0 Å². The Hall–Kier alpha value is -1.31. The van der Waals surface area contributed by atoms with E-state index < -0.39 is 18.9 Å². The zero-order chi connectivity index (χ0) is 13.9. The van der Waals surface area contributed by atoms with Crippen LogP contribution in [-0.4, -0.2) is 24.7 Å². The van der Waals surface area contributed by atoms with Crippen molar-refractivity contribution in [1.29, 1.82) is 0 Å². The Morgan fingerprint density at radius 2 is 2.17 bits per heavy atom. The molecule has 0 saturated heterocycles. The van der Waals surface area contributed by atoms with Crippen LogP contribution in [0.4, 0.5) is 28.3 Å². The van der Waals surface area contributed by atoms with Gasteiger partial charge in [-0.1, -0.05) is 6.92 Å². The van der Waals surface area contributed by atoms with Crippen molar-refractivity contribution in [3.05, 3.63) is 10.9 Å². The van der Waals surface area contributed by atoms with Gasteiger partial charge < -0.3 is 11.1 Å². The van der Waals surface area contributed by atoms with E-state index in [-0.39, 0.29) is 27.8 Å². The molecule has 0 amide bonds. The molecule has 0 unspecified atom stereocenters. The maximum Gasteiger partial charge on any atom is 0.324 e. The fourth-order valence-corrected chi connectivity index (χ4v) is 2.14. The topological polar surface area (TPSA) is 55.1 Å². The predicted molar refractivity (Wildman–Crippen MR) is 62.8 cm³/mol. The van der Waals surface area contributed by atoms with Crippen LogP contribution in [0.15, 0.2) is 6.07 Å². The predicted octanol–water partition coefficient (Wildman–Crippen LogP) is 3.24. The highest BCUT2D eigenvalue weighted by atomic mass is 32.1. The number of hydrogen-bond donors (Lipinski definition) is 2. The van der Waals surface area contributed by atoms with Gasteiger partial charge in [-0.25, -0.2) is 8.78 Å². The van der Waals surface area contributed by atoms with Crippen LogP contribution in [0.2, 0.25) is 0 Å². The van der Waals surface area contributed by atoms with E-state index in [1.165, 1.54) is 6.07 Å². The van der Waals surface area contributed by atoms with E-state index in [0.717, 1.165) is 11.3 Å². The lowest BCUT2D eigenvalue weighted by atomic mass is 10.2. The highest BCUT2D eigenvalue weighted by Gasteiger charge is 2.40. The Morgan fingerprint density at radius 3 is 2.67 bits per heavy atom. The molecule has 3 nitrogen and oxygen atoms in total. The molecule has 0 spiro atoms. The number of nitrogens with two attached hydrogens (primary N) is 1. The molecule has 1 heterocycles. The van der Waals surface area contributed by atoms with Crippen LogP contribution in [0.3, 0.4) is 0 Å². The number of halogens is 4. The third kappa shape index (κ3) is 3.34. The Balaban J connectivity index is 2.73. The summed E-state index contributed by atoms with van der Waals surface area (Å²) in [4.78, 5) is 11.6. The van der Waals surface area contributed by atoms with Crippen molar-refractivity contribution in [3.8, 4) is 0 Å². The average molecular weight is 284 g/mol. The number of ketones is 1. The first-order chi connectivity index (χ1) is 8.27. The van der Waals surface area contributed by atoms with Crippen LogP contribution in [0, 0.1) is 0 Å². The van der Waals surface area contributed by atoms with Gasteiger partial charge >= 0.3 is 12.3 Å². The van der Waals surface area contributed by atoms with Crippen molar-refractivity contribution in [2.45, 2.75) is 25.7 Å². The zero-order valence-electron chi connectivity index (χ0n) is 9.47. The normalized spacial score (nSPS) is 11.9. The maximum atomic E-state index is 12.7. The fraction of sp³-hybridized carbons (Fsp3) is 0.500. The van der Waals surface area contributed by atoms with Gasteiger partial charge in [-0.2, -0.15) is 8.78 Å². The van der Waals surface area contributed by atoms with Gasteiger partial charge in [0.2, 0.25) is 0 Å². The van der Waals surface area contributed by atoms with Crippen molar-refractivity contribution in [2.75, 3.05) is 17.6 Å². The van der Waals surface area contributed by atoms with E-state index in [4.69, 9.17) is 5.73 Å². The molecule has 0 aliphatic rings. The third-order valence-electron chi connectivity index (χ3n) is 2.15. The van der Waals surface area contributed by atoms with Gasteiger partial charge in [0.15, 0.2) is 5.78 Å². The van der Waals surface area contributed by atoms with Crippen LogP contribution in [0.25, 0.3) is 0 Å². The van der Waals surface area contributed by atoms with E-state index in [1.807, 2.05) is 0 Å². The Kier molecular flexibility index (Phi) is 4.55. The SMILES string of the molecule is CCC(=O)c1sc(NCC(F)(F)C(F)F)cc1N. The smallest absolute Gasteiger partial charge is 0.324 e. The van der Waals surface area contributed by atoms with Gasteiger partial charge in [0.05, 0.1) is 22.1 Å². The second-order valence-corrected chi connectivity index (χ2v) is 4.64. The summed E-state index contributed by atoms with van der Waals surface area (Å²) in [5.74, 6) is -4.33. The van der Waals surface area contributed by atoms with E-state index in [1.54, 1.807) is 6.92 Å². The molecule has 0 saturated carbocycles. The second-order valence-electron chi connectivity index (χ2n) is 3.59. The van der Waals surface area contributed by atoms with E-state index in [0.29, 0.717) is 0 Å². The lowest BCUT2D eigenvalue weighted by Crippen LogP contribution is -2.34. The van der Waals surface area contributed by atoms with Crippen molar-refractivity contribution in [1.82, 2.24) is 0 Å². The minimum atomic E-state index is -4.12. The summed E-state index contributed by atoms with van der Waals surface area (Å²) in [7, 11) is 0. The zero-order valence-corrected chi connectivity index (χ0v) is 10.3. The van der Waals surface area contributed by atoms with Gasteiger partial charge in [0.25, 0.3) is 0 Å². The molecule has 0 atom stereocenters. The Morgan fingerprint density at radius 1 is 1.56 bits per heavy atom. The Bertz CT molecular complexity index is 434. The van der Waals surface area contributed by atoms with Gasteiger partial charge in [-0.15, -0.1) is 11.3 Å². The second kappa shape index (κ2) is 5.55. The van der Waals surface area contributed by atoms with Crippen LogP contribution in [-0.2, 0) is 0 Å². The Labute approximate surface area is 105 Å². The molecule has 3 N–H and O–H groups in total. The number of rotatable bonds is 6. The number of thiophene rings is 1. The van der Waals surface area contributed by atoms with E-state index in [2.05, 4.69) is 5.32 Å². The summed E-state index contributed by atoms with van der Waals surface area (Å²) in [6.07, 6.45) is -3.50. The number of nitrogen functional groups attached to an aromatic ring is 1. The molecule has 0 aliphatic carbocycles. The average Bonchev–Trinajstić information content (AvgIpc) is 2.67. The molecule has 102 valence electrons. The van der Waals surface area contributed by atoms with E-state index >= 15 is 0 Å². The number of alkyl halides is 4. The molecule has 8 heteroatoms. The summed E-state index contributed by atoms with van der Waals surface area (Å²) in [5, 5.41) is 2.33. The number of carbonyl (C=O) groups excluding carboxylic acids is 1. The molecule has 1 aromatic rings. The molecule has 0 aromatic carbocycles. The van der Waals surface area contributed by atoms with Crippen LogP contribution in [0.5, 0.6) is 0 Å². The fourth-order valence-electron chi connectivity index (χ4n) is 1.15. The van der Waals surface area contributed by atoms with Gasteiger partial charge in [-0.05, 0) is 6.07 Å². The standard InChI is InChI=1S/C10H12F4N2OS/c1-2-6(17)8-5(15)3-7(18-8)16-4-10(13,14)9(11)12/h3,9,16H,2,4,15H2,1H3. The van der Waals surface area contributed by atoms with Crippen LogP contribution < -0.4 is 11.1 Å². The number of hydrogen-bond acceptors (Lipinski definition) is 4. The first-order valence-electron chi connectivity index (χ1n) is 5.10. The number of anilines is 2. The largest absolute Gasteiger partial charge is 0.397 e. The summed E-state index contributed by atoms with van der Waals surface area (Å²) < 4.78 is 49.2. The van der Waals surface area contributed by atoms with Crippen molar-refractivity contribution < 1.29 is 22.4 Å². The van der Waals surface area contributed by atoms with Crippen molar-refractivity contribution >= 4 is 27.8 Å². The molecule has 1 rings (SSSR count). The van der Waals surface area contributed by atoms with Gasteiger partial charge in [-0.3, -0.25) is 4.79 Å². The minimum absolute atomic E-state index is 0.162. The van der Waals surface area contributed by atoms with Crippen molar-refractivity contribution in [3.63, 3.8) is 0 Å². The number of nitrogens with one attached hydrogen (secondary N) is 1. The molecule has 18 heavy (non-hydrogen) atoms. The molecule has 0 fully saturated rings. The molecular weight excluding hydrogens is 272 g/mol. The van der Waals surface area contributed by atoms with Gasteiger partial charge in [0, 0.05) is 6.42 Å². The maximum absolute atomic E-state index is 12.7. The lowest BCUT2D eigenvalue weighted by Gasteiger charge is -2.15. The van der Waals surface area contributed by atoms with Crippen molar-refractivity contribution in [2.24, 2.45) is 0 Å². The highest BCUT2D eigenvalue weighted by molar-refractivity contribution is 7.18. The molecular formula is C10H12F4N2OS. The highest BCUT2D eigenvalue weighted by Crippen LogP contribution is 2.31. The number of Topliss-reactive ketones (excluding diaryl/α,β-unsaturated/α-hetero) is 1. The quantitative estimate of drug-likeness (QED) is 0.623.